The number of aromatic nitrogens is 2. The van der Waals surface area contributed by atoms with Crippen molar-refractivity contribution in [3.8, 4) is 0 Å². The predicted octanol–water partition coefficient (Wildman–Crippen LogP) is 3.52. The lowest BCUT2D eigenvalue weighted by Gasteiger charge is -2.18. The highest BCUT2D eigenvalue weighted by atomic mass is 35.5. The fourth-order valence-electron chi connectivity index (χ4n) is 2.97. The van der Waals surface area contributed by atoms with E-state index in [2.05, 4.69) is 50.1 Å². The van der Waals surface area contributed by atoms with Gasteiger partial charge in [0.25, 0.3) is 5.56 Å². The summed E-state index contributed by atoms with van der Waals surface area (Å²) in [7, 11) is 1.74. The number of hydrogen-bond acceptors (Lipinski definition) is 1. The van der Waals surface area contributed by atoms with Crippen molar-refractivity contribution in [3.63, 3.8) is 0 Å². The molecule has 0 radical (unpaired) electrons. The minimum atomic E-state index is -0.0303. The van der Waals surface area contributed by atoms with Crippen molar-refractivity contribution in [2.45, 2.75) is 32.6 Å². The fourth-order valence-corrected chi connectivity index (χ4v) is 3.10. The van der Waals surface area contributed by atoms with Crippen LogP contribution in [-0.2, 0) is 18.9 Å². The zero-order chi connectivity index (χ0) is 19.6. The van der Waals surface area contributed by atoms with Crippen molar-refractivity contribution in [2.75, 3.05) is 0 Å². The Morgan fingerprint density at radius 2 is 1.67 bits per heavy atom. The van der Waals surface area contributed by atoms with Gasteiger partial charge in [0.2, 0.25) is 0 Å². The lowest BCUT2D eigenvalue weighted by molar-refractivity contribution is 0.590. The number of nitrogens with one attached hydrogen (secondary N) is 1. The van der Waals surface area contributed by atoms with Crippen molar-refractivity contribution in [3.05, 3.63) is 91.2 Å². The average Bonchev–Trinajstić information content (AvgIpc) is 2.89. The zero-order valence-electron chi connectivity index (χ0n) is 16.2. The third kappa shape index (κ3) is 4.61. The molecule has 2 aromatic carbocycles. The Labute approximate surface area is 164 Å². The van der Waals surface area contributed by atoms with E-state index in [0.717, 1.165) is 27.9 Å². The Bertz CT molecular complexity index is 1100. The number of aromatic amines is 1. The maximum absolute atomic E-state index is 12.5. The Morgan fingerprint density at radius 3 is 2.26 bits per heavy atom. The molecule has 140 valence electrons. The first-order valence-electron chi connectivity index (χ1n) is 9.06. The summed E-state index contributed by atoms with van der Waals surface area (Å²) in [6.45, 7) is 6.58. The van der Waals surface area contributed by atoms with E-state index in [9.17, 15) is 4.79 Å². The van der Waals surface area contributed by atoms with Crippen LogP contribution in [0.2, 0.25) is 5.02 Å². The smallest absolute Gasteiger partial charge is 0.274 e. The summed E-state index contributed by atoms with van der Waals surface area (Å²) < 4.78 is 1.52. The second kappa shape index (κ2) is 7.61. The molecule has 0 bridgehead atoms. The largest absolute Gasteiger partial charge is 0.296 e. The highest BCUT2D eigenvalue weighted by molar-refractivity contribution is 6.30. The molecule has 3 aromatic rings. The third-order valence-corrected chi connectivity index (χ3v) is 4.91. The van der Waals surface area contributed by atoms with Crippen molar-refractivity contribution >= 4 is 23.8 Å². The number of rotatable bonds is 3. The molecule has 3 nitrogen and oxygen atoms in total. The van der Waals surface area contributed by atoms with Crippen LogP contribution in [0, 0.1) is 0 Å². The van der Waals surface area contributed by atoms with Gasteiger partial charge in [-0.15, -0.1) is 0 Å². The molecule has 0 saturated heterocycles. The molecule has 3 rings (SSSR count). The van der Waals surface area contributed by atoms with Gasteiger partial charge in [0.1, 0.15) is 0 Å². The Morgan fingerprint density at radius 1 is 1.04 bits per heavy atom. The number of benzene rings is 2. The Hall–Kier alpha value is -2.52. The maximum Gasteiger partial charge on any atom is 0.274 e. The molecular weight excluding hydrogens is 356 g/mol. The summed E-state index contributed by atoms with van der Waals surface area (Å²) in [5.74, 6) is 0. The second-order valence-electron chi connectivity index (χ2n) is 7.85. The van der Waals surface area contributed by atoms with E-state index < -0.39 is 0 Å². The van der Waals surface area contributed by atoms with Gasteiger partial charge in [-0.1, -0.05) is 74.8 Å². The standard InChI is InChI=1S/C23H25ClN2O/c1-23(2,3)18-10-5-17(6-11-18)15-20-21(25-26(4)22(20)27)14-9-16-7-12-19(24)13-8-16/h5-8,10-15,25H,9H2,1-4H3/b20-15+,21-14-. The monoisotopic (exact) mass is 380 g/mol. The van der Waals surface area contributed by atoms with Crippen LogP contribution in [0.25, 0.3) is 12.2 Å². The fraction of sp³-hybridized carbons (Fsp3) is 0.261. The molecule has 0 saturated carbocycles. The average molecular weight is 381 g/mol. The van der Waals surface area contributed by atoms with Crippen molar-refractivity contribution < 1.29 is 0 Å². The highest BCUT2D eigenvalue weighted by Gasteiger charge is 2.12. The summed E-state index contributed by atoms with van der Waals surface area (Å²) >= 11 is 5.94. The highest BCUT2D eigenvalue weighted by Crippen LogP contribution is 2.22. The molecule has 0 aliphatic heterocycles. The summed E-state index contributed by atoms with van der Waals surface area (Å²) in [5.41, 5.74) is 3.51. The molecule has 0 aliphatic carbocycles. The molecule has 0 amide bonds. The quantitative estimate of drug-likeness (QED) is 0.741. The van der Waals surface area contributed by atoms with Crippen LogP contribution < -0.4 is 16.1 Å². The minimum absolute atomic E-state index is 0.0303. The first-order valence-corrected chi connectivity index (χ1v) is 9.44. The topological polar surface area (TPSA) is 37.8 Å². The van der Waals surface area contributed by atoms with Crippen LogP contribution in [-0.4, -0.2) is 9.78 Å². The summed E-state index contributed by atoms with van der Waals surface area (Å²) in [6.07, 6.45) is 4.71. The van der Waals surface area contributed by atoms with E-state index in [1.54, 1.807) is 7.05 Å². The molecule has 0 unspecified atom stereocenters. The molecule has 0 atom stereocenters. The van der Waals surface area contributed by atoms with E-state index in [4.69, 9.17) is 11.6 Å². The SMILES string of the molecule is Cn1[nH]c(=C\Cc2ccc(Cl)cc2)/c(=C\c2ccc(C(C)(C)C)cc2)c1=O. The van der Waals surface area contributed by atoms with Crippen molar-refractivity contribution in [1.29, 1.82) is 0 Å². The Kier molecular flexibility index (Phi) is 5.43. The molecule has 1 N–H and O–H groups in total. The molecule has 0 fully saturated rings. The van der Waals surface area contributed by atoms with Gasteiger partial charge >= 0.3 is 0 Å². The molecule has 0 spiro atoms. The van der Waals surface area contributed by atoms with E-state index in [1.165, 1.54) is 10.2 Å². The van der Waals surface area contributed by atoms with Gasteiger partial charge in [-0.2, -0.15) is 0 Å². The van der Waals surface area contributed by atoms with E-state index in [0.29, 0.717) is 5.22 Å². The maximum atomic E-state index is 12.5. The lowest BCUT2D eigenvalue weighted by atomic mass is 9.87. The predicted molar refractivity (Wildman–Crippen MR) is 114 cm³/mol. The number of aryl methyl sites for hydroxylation is 1. The number of halogens is 1. The normalized spacial score (nSPS) is 13.4. The van der Waals surface area contributed by atoms with Gasteiger partial charge in [0.15, 0.2) is 0 Å². The molecular formula is C23H25ClN2O. The number of H-pyrrole nitrogens is 1. The van der Waals surface area contributed by atoms with Gasteiger partial charge in [0, 0.05) is 12.1 Å². The number of nitrogens with zero attached hydrogens (tertiary/aromatic N) is 1. The molecule has 1 aromatic heterocycles. The van der Waals surface area contributed by atoms with Crippen LogP contribution in [0.3, 0.4) is 0 Å². The zero-order valence-corrected chi connectivity index (χ0v) is 17.0. The third-order valence-electron chi connectivity index (χ3n) is 4.66. The van der Waals surface area contributed by atoms with Gasteiger partial charge in [-0.3, -0.25) is 14.6 Å². The van der Waals surface area contributed by atoms with Crippen LogP contribution in [0.5, 0.6) is 0 Å². The van der Waals surface area contributed by atoms with Crippen LogP contribution in [0.1, 0.15) is 37.5 Å². The van der Waals surface area contributed by atoms with Crippen molar-refractivity contribution in [1.82, 2.24) is 9.78 Å². The van der Waals surface area contributed by atoms with Crippen LogP contribution in [0.15, 0.2) is 53.3 Å². The van der Waals surface area contributed by atoms with Crippen LogP contribution >= 0.6 is 11.6 Å². The first-order chi connectivity index (χ1) is 12.7. The molecule has 1 heterocycles. The van der Waals surface area contributed by atoms with E-state index in [1.807, 2.05) is 36.4 Å². The summed E-state index contributed by atoms with van der Waals surface area (Å²) in [6, 6.07) is 16.1. The van der Waals surface area contributed by atoms with Gasteiger partial charge in [0.05, 0.1) is 10.6 Å². The Balaban J connectivity index is 2.00. The van der Waals surface area contributed by atoms with E-state index in [-0.39, 0.29) is 11.0 Å². The van der Waals surface area contributed by atoms with E-state index >= 15 is 0 Å². The van der Waals surface area contributed by atoms with Gasteiger partial charge in [-0.25, -0.2) is 0 Å². The first kappa shape index (κ1) is 19.2. The van der Waals surface area contributed by atoms with Crippen molar-refractivity contribution in [2.24, 2.45) is 7.05 Å². The molecule has 4 heteroatoms. The van der Waals surface area contributed by atoms with Gasteiger partial charge in [-0.05, 0) is 46.7 Å². The minimum Gasteiger partial charge on any atom is -0.296 e. The number of hydrogen-bond donors (Lipinski definition) is 1. The molecule has 0 aliphatic rings. The van der Waals surface area contributed by atoms with Gasteiger partial charge < -0.3 is 0 Å². The lowest BCUT2D eigenvalue weighted by Crippen LogP contribution is -2.34. The summed E-state index contributed by atoms with van der Waals surface area (Å²) in [5, 5.41) is 5.37. The second-order valence-corrected chi connectivity index (χ2v) is 8.29. The van der Waals surface area contributed by atoms with Crippen LogP contribution in [0.4, 0.5) is 0 Å². The summed E-state index contributed by atoms with van der Waals surface area (Å²) in [4.78, 5) is 12.5. The molecule has 27 heavy (non-hydrogen) atoms.